The van der Waals surface area contributed by atoms with Crippen molar-refractivity contribution < 1.29 is 0 Å². The summed E-state index contributed by atoms with van der Waals surface area (Å²) < 4.78 is 4.82. The zero-order valence-corrected chi connectivity index (χ0v) is 29.3. The van der Waals surface area contributed by atoms with Gasteiger partial charge in [-0.2, -0.15) is 0 Å². The first kappa shape index (κ1) is 30.3. The van der Waals surface area contributed by atoms with Crippen molar-refractivity contribution in [3.63, 3.8) is 0 Å². The number of hydrogen-bond acceptors (Lipinski definition) is 2. The fourth-order valence-electron chi connectivity index (χ4n) is 8.32. The first-order chi connectivity index (χ1) is 26.8. The number of rotatable bonds is 5. The van der Waals surface area contributed by atoms with Crippen LogP contribution in [0.15, 0.2) is 194 Å². The minimum absolute atomic E-state index is 0.874. The number of benzene rings is 8. The van der Waals surface area contributed by atoms with E-state index in [1.54, 1.807) is 0 Å². The van der Waals surface area contributed by atoms with Crippen LogP contribution in [0.4, 0.5) is 0 Å². The number of aromatic nitrogens is 4. The van der Waals surface area contributed by atoms with Crippen molar-refractivity contribution in [3.05, 3.63) is 194 Å². The second-order valence-corrected chi connectivity index (χ2v) is 13.8. The third kappa shape index (κ3) is 4.70. The van der Waals surface area contributed by atoms with Gasteiger partial charge in [0.05, 0.1) is 44.5 Å². The van der Waals surface area contributed by atoms with E-state index in [-0.39, 0.29) is 0 Å². The first-order valence-electron chi connectivity index (χ1n) is 18.3. The molecule has 0 fully saturated rings. The maximum absolute atomic E-state index is 5.18. The summed E-state index contributed by atoms with van der Waals surface area (Å²) in [6, 6.07) is 68.9. The molecule has 8 aromatic carbocycles. The predicted molar refractivity (Wildman–Crippen MR) is 225 cm³/mol. The van der Waals surface area contributed by atoms with Crippen molar-refractivity contribution in [1.82, 2.24) is 19.1 Å². The van der Waals surface area contributed by atoms with Crippen LogP contribution in [0.2, 0.25) is 0 Å². The van der Waals surface area contributed by atoms with Gasteiger partial charge in [-0.15, -0.1) is 0 Å². The molecule has 0 amide bonds. The molecule has 0 spiro atoms. The molecular weight excluding hydrogens is 657 g/mol. The Hall–Kier alpha value is -7.30. The zero-order valence-electron chi connectivity index (χ0n) is 29.3. The Kier molecular flexibility index (Phi) is 6.82. The molecule has 252 valence electrons. The summed E-state index contributed by atoms with van der Waals surface area (Å²) in [5.74, 6) is 0. The average molecular weight is 689 g/mol. The van der Waals surface area contributed by atoms with Gasteiger partial charge in [0.15, 0.2) is 0 Å². The van der Waals surface area contributed by atoms with Crippen molar-refractivity contribution in [2.45, 2.75) is 0 Å². The molecule has 0 unspecified atom stereocenters. The number of nitrogens with zero attached hydrogens (tertiary/aromatic N) is 4. The van der Waals surface area contributed by atoms with Crippen LogP contribution in [0, 0.1) is 0 Å². The normalized spacial score (nSPS) is 11.7. The highest BCUT2D eigenvalue weighted by atomic mass is 15.0. The molecule has 4 nitrogen and oxygen atoms in total. The highest BCUT2D eigenvalue weighted by Crippen LogP contribution is 2.43. The average Bonchev–Trinajstić information content (AvgIpc) is 3.77. The van der Waals surface area contributed by atoms with E-state index >= 15 is 0 Å². The molecule has 3 aromatic heterocycles. The van der Waals surface area contributed by atoms with E-state index in [2.05, 4.69) is 173 Å². The van der Waals surface area contributed by atoms with Gasteiger partial charge in [-0.25, -0.2) is 9.97 Å². The smallest absolute Gasteiger partial charge is 0.0973 e. The summed E-state index contributed by atoms with van der Waals surface area (Å²) in [7, 11) is 0. The third-order valence-electron chi connectivity index (χ3n) is 10.7. The van der Waals surface area contributed by atoms with Crippen molar-refractivity contribution >= 4 is 54.6 Å². The molecule has 0 N–H and O–H groups in total. The van der Waals surface area contributed by atoms with E-state index in [0.717, 1.165) is 56.0 Å². The Balaban J connectivity index is 1.10. The van der Waals surface area contributed by atoms with Crippen LogP contribution in [0.3, 0.4) is 0 Å². The summed E-state index contributed by atoms with van der Waals surface area (Å²) >= 11 is 0. The van der Waals surface area contributed by atoms with Gasteiger partial charge in [-0.3, -0.25) is 0 Å². The summed E-state index contributed by atoms with van der Waals surface area (Å²) in [5, 5.41) is 5.04. The van der Waals surface area contributed by atoms with Gasteiger partial charge in [-0.05, 0) is 77.9 Å². The molecular formula is C50H32N4. The Labute approximate surface area is 311 Å². The van der Waals surface area contributed by atoms with Crippen LogP contribution in [-0.4, -0.2) is 19.1 Å². The van der Waals surface area contributed by atoms with Crippen LogP contribution >= 0.6 is 0 Å². The monoisotopic (exact) mass is 688 g/mol. The van der Waals surface area contributed by atoms with Gasteiger partial charge in [0.2, 0.25) is 0 Å². The predicted octanol–water partition coefficient (Wildman–Crippen LogP) is 12.8. The maximum Gasteiger partial charge on any atom is 0.0973 e. The molecule has 4 heteroatoms. The lowest BCUT2D eigenvalue weighted by molar-refractivity contribution is 1.17. The maximum atomic E-state index is 5.18. The number of hydrogen-bond donors (Lipinski definition) is 0. The van der Waals surface area contributed by atoms with Gasteiger partial charge < -0.3 is 9.13 Å². The molecule has 0 aliphatic heterocycles. The lowest BCUT2D eigenvalue weighted by atomic mass is 9.98. The minimum atomic E-state index is 0.874. The van der Waals surface area contributed by atoms with E-state index < -0.39 is 0 Å². The van der Waals surface area contributed by atoms with E-state index in [0.29, 0.717) is 0 Å². The summed E-state index contributed by atoms with van der Waals surface area (Å²) in [5.41, 5.74) is 14.9. The van der Waals surface area contributed by atoms with Crippen LogP contribution < -0.4 is 0 Å². The SMILES string of the molecule is c1ccc(-c2nc3ccccc3nc2-c2cccc(-c3cccc(-n4c5ccccc5c5c6c7ccccc7n(-c7ccccc7)c6ccc54)c3)c2)cc1. The van der Waals surface area contributed by atoms with Crippen molar-refractivity contribution in [2.24, 2.45) is 0 Å². The van der Waals surface area contributed by atoms with Gasteiger partial charge >= 0.3 is 0 Å². The van der Waals surface area contributed by atoms with Crippen LogP contribution in [0.5, 0.6) is 0 Å². The molecule has 3 heterocycles. The van der Waals surface area contributed by atoms with Crippen LogP contribution in [-0.2, 0) is 0 Å². The second-order valence-electron chi connectivity index (χ2n) is 13.8. The number of para-hydroxylation sites is 5. The molecule has 0 bridgehead atoms. The summed E-state index contributed by atoms with van der Waals surface area (Å²) in [6.45, 7) is 0. The van der Waals surface area contributed by atoms with Crippen molar-refractivity contribution in [2.75, 3.05) is 0 Å². The summed E-state index contributed by atoms with van der Waals surface area (Å²) in [4.78, 5) is 10.3. The Morgan fingerprint density at radius 3 is 1.39 bits per heavy atom. The fraction of sp³-hybridized carbons (Fsp3) is 0. The molecule has 0 radical (unpaired) electrons. The van der Waals surface area contributed by atoms with Crippen LogP contribution in [0.25, 0.3) is 99.7 Å². The van der Waals surface area contributed by atoms with Gasteiger partial charge in [0.1, 0.15) is 0 Å². The van der Waals surface area contributed by atoms with Gasteiger partial charge in [0, 0.05) is 44.0 Å². The molecule has 11 aromatic rings. The van der Waals surface area contributed by atoms with Gasteiger partial charge in [-0.1, -0.05) is 127 Å². The Bertz CT molecular complexity index is 3210. The molecule has 0 aliphatic rings. The molecule has 0 saturated carbocycles. The lowest BCUT2D eigenvalue weighted by Gasteiger charge is -2.13. The molecule has 11 rings (SSSR count). The zero-order chi connectivity index (χ0) is 35.6. The number of fused-ring (bicyclic) bond motifs is 8. The first-order valence-corrected chi connectivity index (χ1v) is 18.3. The fourth-order valence-corrected chi connectivity index (χ4v) is 8.32. The van der Waals surface area contributed by atoms with Crippen molar-refractivity contribution in [3.8, 4) is 45.0 Å². The molecule has 0 atom stereocenters. The topological polar surface area (TPSA) is 35.6 Å². The highest BCUT2D eigenvalue weighted by molar-refractivity contribution is 6.28. The third-order valence-corrected chi connectivity index (χ3v) is 10.7. The van der Waals surface area contributed by atoms with E-state index in [4.69, 9.17) is 9.97 Å². The van der Waals surface area contributed by atoms with E-state index in [1.807, 2.05) is 30.3 Å². The van der Waals surface area contributed by atoms with E-state index in [1.165, 1.54) is 43.6 Å². The Morgan fingerprint density at radius 2 is 0.741 bits per heavy atom. The lowest BCUT2D eigenvalue weighted by Crippen LogP contribution is -1.96. The minimum Gasteiger partial charge on any atom is -0.309 e. The molecule has 0 saturated heterocycles. The highest BCUT2D eigenvalue weighted by Gasteiger charge is 2.21. The largest absolute Gasteiger partial charge is 0.309 e. The summed E-state index contributed by atoms with van der Waals surface area (Å²) in [6.07, 6.45) is 0. The standard InChI is InChI=1S/C50H32N4/c1-3-15-33(16-4-1)49-50(52-42-26-10-9-25-41(42)51-49)36-19-13-17-34(31-36)35-18-14-22-38(32-35)54-44-28-12-8-24-40(44)48-46(54)30-29-45-47(48)39-23-7-11-27-43(39)53(45)37-20-5-2-6-21-37/h1-32H. The van der Waals surface area contributed by atoms with Crippen LogP contribution in [0.1, 0.15) is 0 Å². The van der Waals surface area contributed by atoms with E-state index in [9.17, 15) is 0 Å². The van der Waals surface area contributed by atoms with Crippen molar-refractivity contribution in [1.29, 1.82) is 0 Å². The second kappa shape index (κ2) is 12.1. The van der Waals surface area contributed by atoms with Gasteiger partial charge in [0.25, 0.3) is 0 Å². The quantitative estimate of drug-likeness (QED) is 0.180. The molecule has 0 aliphatic carbocycles. The Morgan fingerprint density at radius 1 is 0.296 bits per heavy atom. The molecule has 54 heavy (non-hydrogen) atoms.